The van der Waals surface area contributed by atoms with Gasteiger partial charge in [0.25, 0.3) is 0 Å². The molecule has 0 amide bonds. The van der Waals surface area contributed by atoms with Crippen LogP contribution in [0.3, 0.4) is 0 Å². The summed E-state index contributed by atoms with van der Waals surface area (Å²) in [7, 11) is 0. The van der Waals surface area contributed by atoms with Crippen LogP contribution in [0.5, 0.6) is 0 Å². The van der Waals surface area contributed by atoms with Gasteiger partial charge in [0.1, 0.15) is 18.3 Å². The Morgan fingerprint density at radius 1 is 1.20 bits per heavy atom. The molecule has 0 aromatic heterocycles. The highest BCUT2D eigenvalue weighted by Crippen LogP contribution is 2.17. The average Bonchev–Trinajstić information content (AvgIpc) is 2.17. The van der Waals surface area contributed by atoms with Crippen molar-refractivity contribution in [3.63, 3.8) is 0 Å². The zero-order valence-electron chi connectivity index (χ0n) is 5.34. The quantitative estimate of drug-likeness (QED) is 0.327. The highest BCUT2D eigenvalue weighted by atomic mass is 16.6. The molecule has 4 atom stereocenters. The van der Waals surface area contributed by atoms with Gasteiger partial charge in [-0.05, 0) is 0 Å². The second-order valence-electron chi connectivity index (χ2n) is 2.28. The van der Waals surface area contributed by atoms with Crippen LogP contribution in [0, 0.1) is 0 Å². The molecule has 1 heterocycles. The van der Waals surface area contributed by atoms with E-state index < -0.39 is 24.6 Å². The number of rotatable bonds is 1. The summed E-state index contributed by atoms with van der Waals surface area (Å²) < 4.78 is 4.67. The lowest BCUT2D eigenvalue weighted by Gasteiger charge is -2.10. The second kappa shape index (κ2) is 2.81. The third-order valence-corrected chi connectivity index (χ3v) is 1.57. The number of aliphatic hydroxyl groups excluding tert-OH is 3. The topological polar surface area (TPSA) is 95.9 Å². The van der Waals surface area contributed by atoms with Crippen LogP contribution in [-0.4, -0.2) is 46.5 Å². The Balaban J connectivity index is 2.53. The maximum Gasteiger partial charge on any atom is 0.184 e. The summed E-state index contributed by atoms with van der Waals surface area (Å²) in [6.45, 7) is 0.0925. The van der Waals surface area contributed by atoms with Gasteiger partial charge in [0.15, 0.2) is 6.29 Å². The summed E-state index contributed by atoms with van der Waals surface area (Å²) in [5.74, 6) is 0. The van der Waals surface area contributed by atoms with E-state index in [1.807, 2.05) is 0 Å². The summed E-state index contributed by atoms with van der Waals surface area (Å²) in [5.41, 5.74) is 5.14. The average molecular weight is 149 g/mol. The van der Waals surface area contributed by atoms with Gasteiger partial charge in [-0.15, -0.1) is 0 Å². The summed E-state index contributed by atoms with van der Waals surface area (Å²) in [5, 5.41) is 26.7. The molecule has 0 aromatic carbocycles. The molecular formula is C5H11NO4. The molecule has 5 heteroatoms. The maximum absolute atomic E-state index is 9.01. The van der Waals surface area contributed by atoms with Crippen molar-refractivity contribution in [2.24, 2.45) is 5.73 Å². The largest absolute Gasteiger partial charge is 0.387 e. The SMILES string of the molecule is NC[C@H]1OC(O)[C@@H](O)[C@@H]1O. The van der Waals surface area contributed by atoms with Gasteiger partial charge in [0.05, 0.1) is 0 Å². The number of hydrogen-bond donors (Lipinski definition) is 4. The monoisotopic (exact) mass is 149 g/mol. The molecule has 0 radical (unpaired) electrons. The van der Waals surface area contributed by atoms with Crippen molar-refractivity contribution in [2.75, 3.05) is 6.54 Å². The highest BCUT2D eigenvalue weighted by molar-refractivity contribution is 4.85. The number of ether oxygens (including phenoxy) is 1. The molecule has 5 nitrogen and oxygen atoms in total. The first-order valence-corrected chi connectivity index (χ1v) is 3.06. The van der Waals surface area contributed by atoms with E-state index in [1.54, 1.807) is 0 Å². The summed E-state index contributed by atoms with van der Waals surface area (Å²) in [4.78, 5) is 0. The van der Waals surface area contributed by atoms with Crippen LogP contribution in [0.25, 0.3) is 0 Å². The predicted octanol–water partition coefficient (Wildman–Crippen LogP) is -2.62. The molecule has 1 aliphatic rings. The van der Waals surface area contributed by atoms with Crippen LogP contribution in [0.1, 0.15) is 0 Å². The first-order valence-electron chi connectivity index (χ1n) is 3.06. The Hall–Kier alpha value is -0.200. The van der Waals surface area contributed by atoms with Crippen molar-refractivity contribution in [3.05, 3.63) is 0 Å². The molecule has 1 rings (SSSR count). The molecule has 0 aliphatic carbocycles. The fourth-order valence-electron chi connectivity index (χ4n) is 0.924. The zero-order valence-corrected chi connectivity index (χ0v) is 5.34. The third-order valence-electron chi connectivity index (χ3n) is 1.57. The van der Waals surface area contributed by atoms with Gasteiger partial charge in [0, 0.05) is 6.54 Å². The molecule has 1 fully saturated rings. The Morgan fingerprint density at radius 2 is 1.80 bits per heavy atom. The van der Waals surface area contributed by atoms with Crippen LogP contribution >= 0.6 is 0 Å². The van der Waals surface area contributed by atoms with Gasteiger partial charge in [0.2, 0.25) is 0 Å². The molecule has 10 heavy (non-hydrogen) atoms. The van der Waals surface area contributed by atoms with Crippen molar-refractivity contribution in [1.82, 2.24) is 0 Å². The van der Waals surface area contributed by atoms with Gasteiger partial charge in [-0.2, -0.15) is 0 Å². The van der Waals surface area contributed by atoms with Gasteiger partial charge in [-0.3, -0.25) is 0 Å². The molecule has 5 N–H and O–H groups in total. The van der Waals surface area contributed by atoms with E-state index in [4.69, 9.17) is 21.1 Å². The lowest BCUT2D eigenvalue weighted by Crippen LogP contribution is -2.35. The fraction of sp³-hybridized carbons (Fsp3) is 1.00. The van der Waals surface area contributed by atoms with Crippen LogP contribution in [0.2, 0.25) is 0 Å². The molecular weight excluding hydrogens is 138 g/mol. The van der Waals surface area contributed by atoms with Crippen molar-refractivity contribution >= 4 is 0 Å². The lowest BCUT2D eigenvalue weighted by molar-refractivity contribution is -0.125. The maximum atomic E-state index is 9.01. The minimum atomic E-state index is -1.30. The standard InChI is InChI=1S/C5H11NO4/c6-1-2-3(7)4(8)5(9)10-2/h2-5,7-9H,1,6H2/t2-,3-,4+,5?/m1/s1. The molecule has 0 saturated carbocycles. The van der Waals surface area contributed by atoms with Gasteiger partial charge in [-0.1, -0.05) is 0 Å². The molecule has 0 bridgehead atoms. The Labute approximate surface area is 58.0 Å². The van der Waals surface area contributed by atoms with Gasteiger partial charge >= 0.3 is 0 Å². The van der Waals surface area contributed by atoms with E-state index in [9.17, 15) is 0 Å². The van der Waals surface area contributed by atoms with Crippen LogP contribution < -0.4 is 5.73 Å². The summed E-state index contributed by atoms with van der Waals surface area (Å²) in [6.07, 6.45) is -4.25. The minimum absolute atomic E-state index is 0.0925. The van der Waals surface area contributed by atoms with Crippen LogP contribution in [0.15, 0.2) is 0 Å². The summed E-state index contributed by atoms with van der Waals surface area (Å²) >= 11 is 0. The van der Waals surface area contributed by atoms with Crippen molar-refractivity contribution < 1.29 is 20.1 Å². The Kier molecular flexibility index (Phi) is 2.22. The predicted molar refractivity (Wildman–Crippen MR) is 31.9 cm³/mol. The van der Waals surface area contributed by atoms with Crippen LogP contribution in [0.4, 0.5) is 0 Å². The fourth-order valence-corrected chi connectivity index (χ4v) is 0.924. The lowest BCUT2D eigenvalue weighted by atomic mass is 10.1. The molecule has 1 saturated heterocycles. The Morgan fingerprint density at radius 3 is 2.00 bits per heavy atom. The van der Waals surface area contributed by atoms with Crippen molar-refractivity contribution in [2.45, 2.75) is 24.6 Å². The van der Waals surface area contributed by atoms with E-state index >= 15 is 0 Å². The first-order chi connectivity index (χ1) is 4.66. The van der Waals surface area contributed by atoms with E-state index in [0.29, 0.717) is 0 Å². The molecule has 0 aromatic rings. The molecule has 0 spiro atoms. The third kappa shape index (κ3) is 1.14. The highest BCUT2D eigenvalue weighted by Gasteiger charge is 2.40. The van der Waals surface area contributed by atoms with Gasteiger partial charge < -0.3 is 25.8 Å². The summed E-state index contributed by atoms with van der Waals surface area (Å²) in [6, 6.07) is 0. The van der Waals surface area contributed by atoms with E-state index in [1.165, 1.54) is 0 Å². The smallest absolute Gasteiger partial charge is 0.184 e. The zero-order chi connectivity index (χ0) is 7.72. The van der Waals surface area contributed by atoms with Crippen LogP contribution in [-0.2, 0) is 4.74 Å². The number of nitrogens with two attached hydrogens (primary N) is 1. The molecule has 1 unspecified atom stereocenters. The number of hydrogen-bond acceptors (Lipinski definition) is 5. The first kappa shape index (κ1) is 7.90. The minimum Gasteiger partial charge on any atom is -0.387 e. The van der Waals surface area contributed by atoms with E-state index in [0.717, 1.165) is 0 Å². The Bertz CT molecular complexity index is 120. The van der Waals surface area contributed by atoms with E-state index in [2.05, 4.69) is 4.74 Å². The molecule has 1 aliphatic heterocycles. The van der Waals surface area contributed by atoms with E-state index in [-0.39, 0.29) is 6.54 Å². The second-order valence-corrected chi connectivity index (χ2v) is 2.28. The number of aliphatic hydroxyl groups is 3. The van der Waals surface area contributed by atoms with Crippen molar-refractivity contribution in [3.8, 4) is 0 Å². The normalized spacial score (nSPS) is 48.0. The van der Waals surface area contributed by atoms with Gasteiger partial charge in [-0.25, -0.2) is 0 Å². The molecule has 60 valence electrons. The van der Waals surface area contributed by atoms with Crippen molar-refractivity contribution in [1.29, 1.82) is 0 Å².